The summed E-state index contributed by atoms with van der Waals surface area (Å²) in [5, 5.41) is 0. The molecule has 2 heteroatoms. The SMILES string of the molecule is CCCC(C)(C)c1nc(C(C)(CC)CC)c(C(C)(CC)CC)[nH]1. The number of aromatic amines is 1. The van der Waals surface area contributed by atoms with Crippen LogP contribution in [-0.2, 0) is 16.2 Å². The summed E-state index contributed by atoms with van der Waals surface area (Å²) >= 11 is 0. The van der Waals surface area contributed by atoms with Gasteiger partial charge < -0.3 is 4.98 Å². The van der Waals surface area contributed by atoms with Crippen molar-refractivity contribution in [1.82, 2.24) is 9.97 Å². The average Bonchev–Trinajstić information content (AvgIpc) is 3.00. The van der Waals surface area contributed by atoms with Crippen LogP contribution < -0.4 is 0 Å². The van der Waals surface area contributed by atoms with E-state index in [2.05, 4.69) is 67.3 Å². The molecule has 0 fully saturated rings. The number of rotatable bonds is 9. The van der Waals surface area contributed by atoms with E-state index in [4.69, 9.17) is 4.98 Å². The van der Waals surface area contributed by atoms with Crippen LogP contribution in [0.4, 0.5) is 0 Å². The molecule has 0 aliphatic carbocycles. The highest BCUT2D eigenvalue weighted by Gasteiger charge is 2.38. The fourth-order valence-corrected chi connectivity index (χ4v) is 3.50. The summed E-state index contributed by atoms with van der Waals surface area (Å²) in [6.07, 6.45) is 6.93. The molecule has 1 heterocycles. The second-order valence-electron chi connectivity index (χ2n) is 8.48. The minimum absolute atomic E-state index is 0.118. The van der Waals surface area contributed by atoms with Gasteiger partial charge in [0.05, 0.1) is 5.69 Å². The first-order chi connectivity index (χ1) is 10.6. The Kier molecular flexibility index (Phi) is 6.52. The molecule has 0 atom stereocenters. The molecule has 1 aromatic rings. The first kappa shape index (κ1) is 20.3. The minimum Gasteiger partial charge on any atom is -0.345 e. The maximum absolute atomic E-state index is 5.22. The highest BCUT2D eigenvalue weighted by molar-refractivity contribution is 5.32. The fraction of sp³-hybridized carbons (Fsp3) is 0.857. The van der Waals surface area contributed by atoms with Gasteiger partial charge in [0.25, 0.3) is 0 Å². The number of nitrogens with zero attached hydrogens (tertiary/aromatic N) is 1. The van der Waals surface area contributed by atoms with Crippen molar-refractivity contribution in [2.45, 2.75) is 117 Å². The van der Waals surface area contributed by atoms with Crippen LogP contribution in [0.2, 0.25) is 0 Å². The molecule has 0 aliphatic heterocycles. The van der Waals surface area contributed by atoms with Crippen molar-refractivity contribution >= 4 is 0 Å². The van der Waals surface area contributed by atoms with Gasteiger partial charge in [0, 0.05) is 21.9 Å². The van der Waals surface area contributed by atoms with E-state index < -0.39 is 0 Å². The minimum atomic E-state index is 0.118. The molecule has 0 radical (unpaired) electrons. The second-order valence-corrected chi connectivity index (χ2v) is 8.48. The predicted octanol–water partition coefficient (Wildman–Crippen LogP) is 6.64. The molecule has 0 bridgehead atoms. The Hall–Kier alpha value is -0.790. The molecule has 0 saturated carbocycles. The normalized spacial score (nSPS) is 13.6. The molecule has 0 spiro atoms. The zero-order chi connectivity index (χ0) is 17.9. The van der Waals surface area contributed by atoms with Gasteiger partial charge in [-0.15, -0.1) is 0 Å². The summed E-state index contributed by atoms with van der Waals surface area (Å²) in [7, 11) is 0. The Morgan fingerprint density at radius 2 is 1.26 bits per heavy atom. The van der Waals surface area contributed by atoms with E-state index >= 15 is 0 Å². The Labute approximate surface area is 144 Å². The Morgan fingerprint density at radius 1 is 0.783 bits per heavy atom. The topological polar surface area (TPSA) is 28.7 Å². The van der Waals surface area contributed by atoms with Crippen molar-refractivity contribution in [2.24, 2.45) is 0 Å². The fourth-order valence-electron chi connectivity index (χ4n) is 3.50. The lowest BCUT2D eigenvalue weighted by Gasteiger charge is -2.32. The zero-order valence-electron chi connectivity index (χ0n) is 17.2. The predicted molar refractivity (Wildman–Crippen MR) is 102 cm³/mol. The molecule has 0 aliphatic rings. The summed E-state index contributed by atoms with van der Waals surface area (Å²) in [6.45, 7) is 20.9. The zero-order valence-corrected chi connectivity index (χ0v) is 17.2. The first-order valence-electron chi connectivity index (χ1n) is 9.75. The molecule has 23 heavy (non-hydrogen) atoms. The summed E-state index contributed by atoms with van der Waals surface area (Å²) in [5.74, 6) is 1.19. The lowest BCUT2D eigenvalue weighted by atomic mass is 9.73. The number of hydrogen-bond acceptors (Lipinski definition) is 1. The molecule has 0 aromatic carbocycles. The molecular formula is C21H40N2. The van der Waals surface area contributed by atoms with Crippen LogP contribution in [0.15, 0.2) is 0 Å². The van der Waals surface area contributed by atoms with Crippen LogP contribution in [0.5, 0.6) is 0 Å². The van der Waals surface area contributed by atoms with Crippen molar-refractivity contribution in [3.05, 3.63) is 17.2 Å². The number of H-pyrrole nitrogens is 1. The molecule has 0 amide bonds. The summed E-state index contributed by atoms with van der Waals surface area (Å²) in [5.41, 5.74) is 3.19. The van der Waals surface area contributed by atoms with Gasteiger partial charge >= 0.3 is 0 Å². The van der Waals surface area contributed by atoms with Gasteiger partial charge in [-0.25, -0.2) is 4.98 Å². The van der Waals surface area contributed by atoms with Gasteiger partial charge in [0.2, 0.25) is 0 Å². The number of hydrogen-bond donors (Lipinski definition) is 1. The maximum atomic E-state index is 5.22. The van der Waals surface area contributed by atoms with E-state index in [1.165, 1.54) is 30.1 Å². The standard InChI is InChI=1S/C21H40N2/c1-10-15-19(6,7)18-22-16(20(8,11-2)12-3)17(23-18)21(9,13-4)14-5/h10-15H2,1-9H3,(H,22,23). The van der Waals surface area contributed by atoms with E-state index in [1.807, 2.05) is 0 Å². The van der Waals surface area contributed by atoms with Crippen molar-refractivity contribution in [3.63, 3.8) is 0 Å². The van der Waals surface area contributed by atoms with Crippen LogP contribution in [0.1, 0.15) is 118 Å². The Bertz CT molecular complexity index is 452. The molecular weight excluding hydrogens is 280 g/mol. The van der Waals surface area contributed by atoms with E-state index in [1.54, 1.807) is 0 Å². The number of nitrogens with one attached hydrogen (secondary N) is 1. The third-order valence-electron chi connectivity index (χ3n) is 6.52. The van der Waals surface area contributed by atoms with Crippen molar-refractivity contribution in [1.29, 1.82) is 0 Å². The van der Waals surface area contributed by atoms with E-state index in [0.717, 1.165) is 25.7 Å². The van der Waals surface area contributed by atoms with Crippen LogP contribution in [0.25, 0.3) is 0 Å². The molecule has 134 valence electrons. The highest BCUT2D eigenvalue weighted by atomic mass is 15.0. The van der Waals surface area contributed by atoms with Gasteiger partial charge in [0.1, 0.15) is 5.82 Å². The van der Waals surface area contributed by atoms with Crippen molar-refractivity contribution in [2.75, 3.05) is 0 Å². The summed E-state index contributed by atoms with van der Waals surface area (Å²) in [4.78, 5) is 9.03. The van der Waals surface area contributed by atoms with Gasteiger partial charge in [-0.1, -0.05) is 68.7 Å². The number of imidazole rings is 1. The van der Waals surface area contributed by atoms with Gasteiger partial charge in [-0.3, -0.25) is 0 Å². The van der Waals surface area contributed by atoms with Crippen molar-refractivity contribution in [3.8, 4) is 0 Å². The van der Waals surface area contributed by atoms with Gasteiger partial charge in [-0.05, 0) is 32.1 Å². The van der Waals surface area contributed by atoms with E-state index in [-0.39, 0.29) is 16.2 Å². The summed E-state index contributed by atoms with van der Waals surface area (Å²) < 4.78 is 0. The quantitative estimate of drug-likeness (QED) is 0.542. The lowest BCUT2D eigenvalue weighted by molar-refractivity contribution is 0.382. The van der Waals surface area contributed by atoms with Crippen LogP contribution in [0.3, 0.4) is 0 Å². The molecule has 1 aromatic heterocycles. The molecule has 1 rings (SSSR count). The van der Waals surface area contributed by atoms with E-state index in [0.29, 0.717) is 0 Å². The second kappa shape index (κ2) is 7.40. The smallest absolute Gasteiger partial charge is 0.112 e. The lowest BCUT2D eigenvalue weighted by Crippen LogP contribution is -2.29. The number of aromatic nitrogens is 2. The Morgan fingerprint density at radius 3 is 1.65 bits per heavy atom. The largest absolute Gasteiger partial charge is 0.345 e. The summed E-state index contributed by atoms with van der Waals surface area (Å²) in [6, 6.07) is 0. The van der Waals surface area contributed by atoms with E-state index in [9.17, 15) is 0 Å². The molecule has 2 nitrogen and oxygen atoms in total. The monoisotopic (exact) mass is 320 g/mol. The third kappa shape index (κ3) is 3.83. The molecule has 0 unspecified atom stereocenters. The van der Waals surface area contributed by atoms with Crippen LogP contribution >= 0.6 is 0 Å². The van der Waals surface area contributed by atoms with Gasteiger partial charge in [0.15, 0.2) is 0 Å². The van der Waals surface area contributed by atoms with Crippen molar-refractivity contribution < 1.29 is 0 Å². The third-order valence-corrected chi connectivity index (χ3v) is 6.52. The molecule has 0 saturated heterocycles. The Balaban J connectivity index is 3.57. The van der Waals surface area contributed by atoms with Crippen LogP contribution in [-0.4, -0.2) is 9.97 Å². The average molecular weight is 321 g/mol. The van der Waals surface area contributed by atoms with Gasteiger partial charge in [-0.2, -0.15) is 0 Å². The maximum Gasteiger partial charge on any atom is 0.112 e. The van der Waals surface area contributed by atoms with Crippen LogP contribution in [0, 0.1) is 0 Å². The highest BCUT2D eigenvalue weighted by Crippen LogP contribution is 2.41. The first-order valence-corrected chi connectivity index (χ1v) is 9.75. The molecule has 1 N–H and O–H groups in total.